The highest BCUT2D eigenvalue weighted by Gasteiger charge is 2.31. The first-order valence-electron chi connectivity index (χ1n) is 6.48. The number of ether oxygens (including phenoxy) is 1. The van der Waals surface area contributed by atoms with Gasteiger partial charge in [0.15, 0.2) is 0 Å². The van der Waals surface area contributed by atoms with E-state index in [2.05, 4.69) is 15.2 Å². The molecule has 0 aliphatic heterocycles. The normalized spacial score (nSPS) is 13.2. The molecule has 1 unspecified atom stereocenters. The maximum atomic E-state index is 12.1. The zero-order valence-corrected chi connectivity index (χ0v) is 11.7. The summed E-state index contributed by atoms with van der Waals surface area (Å²) < 4.78 is 42.0. The summed E-state index contributed by atoms with van der Waals surface area (Å²) in [7, 11) is 1.79. The Morgan fingerprint density at radius 1 is 1.24 bits per heavy atom. The number of alkyl halides is 3. The van der Waals surface area contributed by atoms with Crippen LogP contribution < -0.4 is 10.1 Å². The quantitative estimate of drug-likeness (QED) is 0.922. The lowest BCUT2D eigenvalue weighted by atomic mass is 10.0. The van der Waals surface area contributed by atoms with E-state index in [9.17, 15) is 13.2 Å². The van der Waals surface area contributed by atoms with E-state index in [4.69, 9.17) is 0 Å². The molecular weight excluding hydrogens is 283 g/mol. The van der Waals surface area contributed by atoms with Crippen molar-refractivity contribution in [1.29, 1.82) is 0 Å². The monoisotopic (exact) mass is 299 g/mol. The standard InChI is InChI=1S/C14H16F3N3O/c1-3-20-9-11(8-19-20)13(18-2)10-4-6-12(7-5-10)21-14(15,16)17/h4-9,13,18H,3H2,1-2H3. The molecule has 7 heteroatoms. The fourth-order valence-electron chi connectivity index (χ4n) is 2.09. The van der Waals surface area contributed by atoms with Crippen molar-refractivity contribution in [2.45, 2.75) is 25.9 Å². The van der Waals surface area contributed by atoms with Gasteiger partial charge in [0.25, 0.3) is 0 Å². The van der Waals surface area contributed by atoms with Crippen LogP contribution in [0.4, 0.5) is 13.2 Å². The molecule has 1 heterocycles. The fourth-order valence-corrected chi connectivity index (χ4v) is 2.09. The average molecular weight is 299 g/mol. The molecule has 2 aromatic rings. The second-order valence-electron chi connectivity index (χ2n) is 4.47. The van der Waals surface area contributed by atoms with Crippen LogP contribution in [-0.2, 0) is 6.54 Å². The fraction of sp³-hybridized carbons (Fsp3) is 0.357. The van der Waals surface area contributed by atoms with Gasteiger partial charge in [0.05, 0.1) is 12.2 Å². The van der Waals surface area contributed by atoms with E-state index in [0.29, 0.717) is 0 Å². The molecular formula is C14H16F3N3O. The van der Waals surface area contributed by atoms with Crippen molar-refractivity contribution in [2.75, 3.05) is 7.05 Å². The third-order valence-corrected chi connectivity index (χ3v) is 3.05. The number of hydrogen-bond donors (Lipinski definition) is 1. The first-order chi connectivity index (χ1) is 9.93. The molecule has 1 atom stereocenters. The van der Waals surface area contributed by atoms with Crippen molar-refractivity contribution >= 4 is 0 Å². The Bertz CT molecular complexity index is 578. The number of rotatable bonds is 5. The number of nitrogens with one attached hydrogen (secondary N) is 1. The smallest absolute Gasteiger partial charge is 0.406 e. The van der Waals surface area contributed by atoms with Gasteiger partial charge >= 0.3 is 6.36 Å². The van der Waals surface area contributed by atoms with Crippen LogP contribution in [0.2, 0.25) is 0 Å². The van der Waals surface area contributed by atoms with Crippen molar-refractivity contribution in [3.05, 3.63) is 47.8 Å². The van der Waals surface area contributed by atoms with Crippen molar-refractivity contribution in [2.24, 2.45) is 0 Å². The van der Waals surface area contributed by atoms with Crippen molar-refractivity contribution in [3.63, 3.8) is 0 Å². The van der Waals surface area contributed by atoms with Gasteiger partial charge in [-0.2, -0.15) is 5.10 Å². The number of aryl methyl sites for hydroxylation is 1. The third kappa shape index (κ3) is 3.98. The molecule has 0 radical (unpaired) electrons. The molecule has 114 valence electrons. The lowest BCUT2D eigenvalue weighted by molar-refractivity contribution is -0.274. The Kier molecular flexibility index (Phi) is 4.52. The van der Waals surface area contributed by atoms with E-state index in [-0.39, 0.29) is 11.8 Å². The van der Waals surface area contributed by atoms with Gasteiger partial charge in [-0.1, -0.05) is 12.1 Å². The van der Waals surface area contributed by atoms with E-state index in [1.807, 2.05) is 13.1 Å². The van der Waals surface area contributed by atoms with Gasteiger partial charge in [0.1, 0.15) is 5.75 Å². The zero-order valence-electron chi connectivity index (χ0n) is 11.7. The summed E-state index contributed by atoms with van der Waals surface area (Å²) in [6, 6.07) is 5.68. The van der Waals surface area contributed by atoms with E-state index in [1.54, 1.807) is 30.1 Å². The van der Waals surface area contributed by atoms with Gasteiger partial charge in [0.2, 0.25) is 0 Å². The van der Waals surface area contributed by atoms with Crippen LogP contribution in [0.25, 0.3) is 0 Å². The Balaban J connectivity index is 2.19. The number of benzene rings is 1. The van der Waals surface area contributed by atoms with Crippen LogP contribution in [0, 0.1) is 0 Å². The van der Waals surface area contributed by atoms with E-state index in [0.717, 1.165) is 17.7 Å². The van der Waals surface area contributed by atoms with Crippen LogP contribution in [0.15, 0.2) is 36.7 Å². The number of aromatic nitrogens is 2. The predicted molar refractivity (Wildman–Crippen MR) is 71.9 cm³/mol. The molecule has 1 N–H and O–H groups in total. The number of nitrogens with zero attached hydrogens (tertiary/aromatic N) is 2. The van der Waals surface area contributed by atoms with Crippen LogP contribution >= 0.6 is 0 Å². The Morgan fingerprint density at radius 3 is 2.38 bits per heavy atom. The van der Waals surface area contributed by atoms with Gasteiger partial charge in [-0.15, -0.1) is 13.2 Å². The lowest BCUT2D eigenvalue weighted by Gasteiger charge is -2.16. The highest BCUT2D eigenvalue weighted by molar-refractivity contribution is 5.34. The SMILES string of the molecule is CCn1cc(C(NC)c2ccc(OC(F)(F)F)cc2)cn1. The van der Waals surface area contributed by atoms with Crippen LogP contribution in [0.5, 0.6) is 5.75 Å². The number of hydrogen-bond acceptors (Lipinski definition) is 3. The molecule has 0 aliphatic rings. The van der Waals surface area contributed by atoms with Gasteiger partial charge in [-0.25, -0.2) is 0 Å². The van der Waals surface area contributed by atoms with Gasteiger partial charge in [-0.3, -0.25) is 4.68 Å². The third-order valence-electron chi connectivity index (χ3n) is 3.05. The minimum Gasteiger partial charge on any atom is -0.406 e. The first kappa shape index (κ1) is 15.4. The largest absolute Gasteiger partial charge is 0.573 e. The maximum Gasteiger partial charge on any atom is 0.573 e. The molecule has 0 saturated carbocycles. The first-order valence-corrected chi connectivity index (χ1v) is 6.48. The molecule has 0 bridgehead atoms. The minimum absolute atomic E-state index is 0.134. The molecule has 4 nitrogen and oxygen atoms in total. The van der Waals surface area contributed by atoms with Gasteiger partial charge in [-0.05, 0) is 31.7 Å². The summed E-state index contributed by atoms with van der Waals surface area (Å²) in [5, 5.41) is 7.32. The Hall–Kier alpha value is -2.02. The summed E-state index contributed by atoms with van der Waals surface area (Å²) >= 11 is 0. The highest BCUT2D eigenvalue weighted by atomic mass is 19.4. The Morgan fingerprint density at radius 2 is 1.90 bits per heavy atom. The molecule has 0 fully saturated rings. The zero-order chi connectivity index (χ0) is 15.5. The average Bonchev–Trinajstić information content (AvgIpc) is 2.88. The predicted octanol–water partition coefficient (Wildman–Crippen LogP) is 3.11. The molecule has 0 aliphatic carbocycles. The second kappa shape index (κ2) is 6.17. The second-order valence-corrected chi connectivity index (χ2v) is 4.47. The topological polar surface area (TPSA) is 39.1 Å². The molecule has 1 aromatic heterocycles. The lowest BCUT2D eigenvalue weighted by Crippen LogP contribution is -2.18. The molecule has 21 heavy (non-hydrogen) atoms. The summed E-state index contributed by atoms with van der Waals surface area (Å²) in [5.41, 5.74) is 1.78. The molecule has 0 spiro atoms. The molecule has 1 aromatic carbocycles. The summed E-state index contributed by atoms with van der Waals surface area (Å²) in [6.07, 6.45) is -1.03. The van der Waals surface area contributed by atoms with Crippen molar-refractivity contribution in [3.8, 4) is 5.75 Å². The summed E-state index contributed by atoms with van der Waals surface area (Å²) in [5.74, 6) is -0.231. The summed E-state index contributed by atoms with van der Waals surface area (Å²) in [4.78, 5) is 0. The van der Waals surface area contributed by atoms with Gasteiger partial charge in [0, 0.05) is 18.3 Å². The highest BCUT2D eigenvalue weighted by Crippen LogP contribution is 2.26. The van der Waals surface area contributed by atoms with Crippen molar-refractivity contribution < 1.29 is 17.9 Å². The van der Waals surface area contributed by atoms with Crippen LogP contribution in [0.3, 0.4) is 0 Å². The summed E-state index contributed by atoms with van der Waals surface area (Å²) in [6.45, 7) is 2.74. The van der Waals surface area contributed by atoms with Crippen LogP contribution in [0.1, 0.15) is 24.1 Å². The Labute approximate surface area is 120 Å². The molecule has 0 saturated heterocycles. The minimum atomic E-state index is -4.67. The van der Waals surface area contributed by atoms with E-state index < -0.39 is 6.36 Å². The number of halogens is 3. The molecule has 2 rings (SSSR count). The van der Waals surface area contributed by atoms with E-state index >= 15 is 0 Å². The van der Waals surface area contributed by atoms with Crippen molar-refractivity contribution in [1.82, 2.24) is 15.1 Å². The van der Waals surface area contributed by atoms with Gasteiger partial charge < -0.3 is 10.1 Å². The van der Waals surface area contributed by atoms with E-state index in [1.165, 1.54) is 12.1 Å². The maximum absolute atomic E-state index is 12.1. The van der Waals surface area contributed by atoms with Crippen LogP contribution in [-0.4, -0.2) is 23.2 Å². The molecule has 0 amide bonds.